The van der Waals surface area contributed by atoms with E-state index < -0.39 is 6.04 Å². The molecular weight excluding hydrogens is 202 g/mol. The van der Waals surface area contributed by atoms with Crippen LogP contribution in [0.2, 0.25) is 0 Å². The fraction of sp³-hybridized carbons (Fsp3) is 0.667. The van der Waals surface area contributed by atoms with E-state index in [1.807, 2.05) is 26.8 Å². The number of carbonyl (C=O) groups is 1. The summed E-state index contributed by atoms with van der Waals surface area (Å²) >= 11 is 0. The van der Waals surface area contributed by atoms with Gasteiger partial charge in [0.25, 0.3) is 0 Å². The minimum absolute atomic E-state index is 0. The van der Waals surface area contributed by atoms with Crippen molar-refractivity contribution in [2.75, 3.05) is 13.1 Å². The lowest BCUT2D eigenvalue weighted by atomic mass is 9.86. The molecule has 4 heteroatoms. The Morgan fingerprint density at radius 2 is 2.12 bits per heavy atom. The Morgan fingerprint density at radius 1 is 1.62 bits per heavy atom. The van der Waals surface area contributed by atoms with Gasteiger partial charge in [-0.3, -0.25) is 4.79 Å². The minimum Gasteiger partial charge on any atom is -0.324 e. The first-order chi connectivity index (χ1) is 6.84. The second kappa shape index (κ2) is 7.02. The Balaban J connectivity index is 0. The molecule has 0 aliphatic heterocycles. The fourth-order valence-corrected chi connectivity index (χ4v) is 1.04. The van der Waals surface area contributed by atoms with E-state index in [4.69, 9.17) is 11.0 Å². The third kappa shape index (κ3) is 4.94. The predicted molar refractivity (Wildman–Crippen MR) is 66.6 cm³/mol. The van der Waals surface area contributed by atoms with Gasteiger partial charge < -0.3 is 10.6 Å². The summed E-state index contributed by atoms with van der Waals surface area (Å²) in [6.45, 7) is 9.64. The Bertz CT molecular complexity index is 273. The zero-order valence-corrected chi connectivity index (χ0v) is 9.66. The van der Waals surface area contributed by atoms with Gasteiger partial charge in [-0.15, -0.1) is 6.58 Å². The van der Waals surface area contributed by atoms with Crippen LogP contribution in [0.1, 0.15) is 28.2 Å². The molecule has 0 rings (SSSR count). The molecule has 4 nitrogen and oxygen atoms in total. The van der Waals surface area contributed by atoms with E-state index in [-0.39, 0.29) is 25.3 Å². The van der Waals surface area contributed by atoms with E-state index in [1.54, 1.807) is 6.08 Å². The van der Waals surface area contributed by atoms with Crippen molar-refractivity contribution in [2.45, 2.75) is 34.2 Å². The molecule has 0 aliphatic rings. The fourth-order valence-electron chi connectivity index (χ4n) is 1.04. The van der Waals surface area contributed by atoms with Crippen LogP contribution in [0.5, 0.6) is 0 Å². The van der Waals surface area contributed by atoms with Gasteiger partial charge in [0.1, 0.15) is 6.54 Å². The van der Waals surface area contributed by atoms with Crippen molar-refractivity contribution < 1.29 is 4.79 Å². The summed E-state index contributed by atoms with van der Waals surface area (Å²) in [5, 5.41) is 8.58. The van der Waals surface area contributed by atoms with Crippen LogP contribution in [0.15, 0.2) is 12.7 Å². The predicted octanol–water partition coefficient (Wildman–Crippen LogP) is 1.53. The second-order valence-electron chi connectivity index (χ2n) is 4.51. The quantitative estimate of drug-likeness (QED) is 0.582. The standard InChI is InChI=1S/C11H19N3O.CH4/c1-5-7-14(8-6-12)10(15)9(13)11(2,3)4;/h5,9H,1,7-8,13H2,2-4H3;1H4/t9-;/m1./s1. The number of hydrogen-bond acceptors (Lipinski definition) is 3. The Hall–Kier alpha value is -1.34. The highest BCUT2D eigenvalue weighted by atomic mass is 16.2. The van der Waals surface area contributed by atoms with Crippen molar-refractivity contribution in [3.05, 3.63) is 12.7 Å². The Morgan fingerprint density at radius 3 is 2.44 bits per heavy atom. The highest BCUT2D eigenvalue weighted by Gasteiger charge is 2.30. The van der Waals surface area contributed by atoms with E-state index in [2.05, 4.69) is 6.58 Å². The largest absolute Gasteiger partial charge is 0.324 e. The van der Waals surface area contributed by atoms with Crippen molar-refractivity contribution in [3.63, 3.8) is 0 Å². The molecule has 1 amide bonds. The monoisotopic (exact) mass is 225 g/mol. The maximum Gasteiger partial charge on any atom is 0.241 e. The molecule has 0 saturated heterocycles. The second-order valence-corrected chi connectivity index (χ2v) is 4.51. The van der Waals surface area contributed by atoms with Crippen LogP contribution in [0.4, 0.5) is 0 Å². The number of nitrogens with zero attached hydrogens (tertiary/aromatic N) is 2. The van der Waals surface area contributed by atoms with Crippen molar-refractivity contribution in [1.82, 2.24) is 4.90 Å². The maximum absolute atomic E-state index is 11.9. The van der Waals surface area contributed by atoms with Crippen LogP contribution in [-0.2, 0) is 4.79 Å². The van der Waals surface area contributed by atoms with Gasteiger partial charge in [-0.1, -0.05) is 34.3 Å². The molecule has 16 heavy (non-hydrogen) atoms. The molecule has 1 atom stereocenters. The Labute approximate surface area is 98.7 Å². The summed E-state index contributed by atoms with van der Waals surface area (Å²) in [5.74, 6) is -0.205. The van der Waals surface area contributed by atoms with Gasteiger partial charge in [0.15, 0.2) is 0 Å². The van der Waals surface area contributed by atoms with Crippen molar-refractivity contribution >= 4 is 5.91 Å². The van der Waals surface area contributed by atoms with E-state index in [0.717, 1.165) is 0 Å². The van der Waals surface area contributed by atoms with Crippen molar-refractivity contribution in [1.29, 1.82) is 5.26 Å². The SMILES string of the molecule is C.C=CCN(CC#N)C(=O)[C@@H](N)C(C)(C)C. The van der Waals surface area contributed by atoms with Crippen LogP contribution in [0, 0.1) is 16.7 Å². The molecule has 0 bridgehead atoms. The highest BCUT2D eigenvalue weighted by Crippen LogP contribution is 2.18. The molecule has 0 heterocycles. The number of nitrogens with two attached hydrogens (primary N) is 1. The minimum atomic E-state index is -0.592. The number of amides is 1. The highest BCUT2D eigenvalue weighted by molar-refractivity contribution is 5.82. The van der Waals surface area contributed by atoms with Crippen LogP contribution in [0.25, 0.3) is 0 Å². The summed E-state index contributed by atoms with van der Waals surface area (Å²) in [5.41, 5.74) is 5.52. The average molecular weight is 225 g/mol. The van der Waals surface area contributed by atoms with Gasteiger partial charge in [0.2, 0.25) is 5.91 Å². The van der Waals surface area contributed by atoms with Crippen LogP contribution in [-0.4, -0.2) is 29.9 Å². The van der Waals surface area contributed by atoms with Gasteiger partial charge in [0, 0.05) is 6.54 Å². The van der Waals surface area contributed by atoms with Gasteiger partial charge in [0.05, 0.1) is 12.1 Å². The summed E-state index contributed by atoms with van der Waals surface area (Å²) in [6, 6.07) is 1.35. The first kappa shape index (κ1) is 17.1. The van der Waals surface area contributed by atoms with Crippen LogP contribution in [0.3, 0.4) is 0 Å². The summed E-state index contributed by atoms with van der Waals surface area (Å²) in [4.78, 5) is 13.3. The molecule has 0 fully saturated rings. The van der Waals surface area contributed by atoms with E-state index in [1.165, 1.54) is 4.90 Å². The van der Waals surface area contributed by atoms with Crippen molar-refractivity contribution in [2.24, 2.45) is 11.1 Å². The molecule has 0 radical (unpaired) electrons. The molecule has 0 aromatic heterocycles. The van der Waals surface area contributed by atoms with Gasteiger partial charge >= 0.3 is 0 Å². The summed E-state index contributed by atoms with van der Waals surface area (Å²) in [7, 11) is 0. The number of carbonyl (C=O) groups excluding carboxylic acids is 1. The van der Waals surface area contributed by atoms with Crippen molar-refractivity contribution in [3.8, 4) is 6.07 Å². The maximum atomic E-state index is 11.9. The molecule has 2 N–H and O–H groups in total. The van der Waals surface area contributed by atoms with Gasteiger partial charge in [-0.05, 0) is 5.41 Å². The molecule has 92 valence electrons. The number of nitriles is 1. The molecule has 0 aromatic carbocycles. The van der Waals surface area contributed by atoms with Crippen LogP contribution < -0.4 is 5.73 Å². The van der Waals surface area contributed by atoms with Gasteiger partial charge in [-0.25, -0.2) is 0 Å². The molecule has 0 aliphatic carbocycles. The topological polar surface area (TPSA) is 70.1 Å². The van der Waals surface area contributed by atoms with Crippen LogP contribution >= 0.6 is 0 Å². The lowest BCUT2D eigenvalue weighted by Gasteiger charge is -2.30. The summed E-state index contributed by atoms with van der Waals surface area (Å²) < 4.78 is 0. The lowest BCUT2D eigenvalue weighted by molar-refractivity contribution is -0.133. The van der Waals surface area contributed by atoms with E-state index in [0.29, 0.717) is 6.54 Å². The average Bonchev–Trinajstić information content (AvgIpc) is 2.14. The first-order valence-electron chi connectivity index (χ1n) is 4.86. The first-order valence-corrected chi connectivity index (χ1v) is 4.86. The number of rotatable bonds is 4. The molecule has 0 spiro atoms. The lowest BCUT2D eigenvalue weighted by Crippen LogP contribution is -2.50. The Kier molecular flexibility index (Phi) is 7.49. The summed E-state index contributed by atoms with van der Waals surface area (Å²) in [6.07, 6.45) is 1.59. The smallest absolute Gasteiger partial charge is 0.241 e. The van der Waals surface area contributed by atoms with Gasteiger partial charge in [-0.2, -0.15) is 5.26 Å². The third-order valence-corrected chi connectivity index (χ3v) is 2.12. The molecular formula is C12H23N3O. The normalized spacial score (nSPS) is 11.9. The van der Waals surface area contributed by atoms with E-state index in [9.17, 15) is 4.79 Å². The zero-order valence-electron chi connectivity index (χ0n) is 9.66. The molecule has 0 saturated carbocycles. The third-order valence-electron chi connectivity index (χ3n) is 2.12. The number of hydrogen-bond donors (Lipinski definition) is 1. The van der Waals surface area contributed by atoms with E-state index >= 15 is 0 Å². The zero-order chi connectivity index (χ0) is 12.1. The molecule has 0 aromatic rings. The molecule has 0 unspecified atom stereocenters.